The first-order chi connectivity index (χ1) is 13.8. The van der Waals surface area contributed by atoms with Gasteiger partial charge in [0.1, 0.15) is 22.9 Å². The molecule has 3 aromatic rings. The van der Waals surface area contributed by atoms with E-state index in [0.29, 0.717) is 27.8 Å². The molecule has 0 radical (unpaired) electrons. The van der Waals surface area contributed by atoms with Crippen LogP contribution in [0.4, 0.5) is 0 Å². The van der Waals surface area contributed by atoms with Gasteiger partial charge in [-0.2, -0.15) is 5.26 Å². The third-order valence-corrected chi connectivity index (χ3v) is 6.03. The maximum absolute atomic E-state index is 12.9. The largest absolute Gasteiger partial charge is 0.483 e. The van der Waals surface area contributed by atoms with Crippen molar-refractivity contribution in [1.29, 1.82) is 5.26 Å². The van der Waals surface area contributed by atoms with Crippen LogP contribution in [-0.2, 0) is 10.8 Å². The fourth-order valence-electron chi connectivity index (χ4n) is 3.05. The Morgan fingerprint density at radius 2 is 2.07 bits per heavy atom. The van der Waals surface area contributed by atoms with E-state index < -0.39 is 16.9 Å². The lowest BCUT2D eigenvalue weighted by Crippen LogP contribution is -2.14. The van der Waals surface area contributed by atoms with Crippen LogP contribution in [-0.4, -0.2) is 14.9 Å². The van der Waals surface area contributed by atoms with Crippen molar-refractivity contribution >= 4 is 33.4 Å². The molecule has 8 heteroatoms. The number of nitriles is 1. The topological polar surface area (TPSA) is 93.2 Å². The van der Waals surface area contributed by atoms with Crippen molar-refractivity contribution in [2.24, 2.45) is 0 Å². The van der Waals surface area contributed by atoms with E-state index in [2.05, 4.69) is 4.98 Å². The third-order valence-electron chi connectivity index (χ3n) is 4.49. The fraction of sp³-hybridized carbons (Fsp3) is 0.286. The van der Waals surface area contributed by atoms with Gasteiger partial charge in [-0.05, 0) is 50.6 Å². The Hall–Kier alpha value is -2.69. The van der Waals surface area contributed by atoms with Gasteiger partial charge in [-0.1, -0.05) is 18.5 Å². The van der Waals surface area contributed by atoms with Gasteiger partial charge in [0.2, 0.25) is 0 Å². The smallest absolute Gasteiger partial charge is 0.197 e. The van der Waals surface area contributed by atoms with Gasteiger partial charge < -0.3 is 9.15 Å². The van der Waals surface area contributed by atoms with E-state index in [-0.39, 0.29) is 27.1 Å². The molecule has 0 spiro atoms. The Kier molecular flexibility index (Phi) is 6.06. The van der Waals surface area contributed by atoms with E-state index in [1.54, 1.807) is 32.9 Å². The van der Waals surface area contributed by atoms with E-state index in [9.17, 15) is 14.3 Å². The molecular formula is C21H19ClN2O4S. The molecule has 29 heavy (non-hydrogen) atoms. The zero-order chi connectivity index (χ0) is 21.3. The summed E-state index contributed by atoms with van der Waals surface area (Å²) in [7, 11) is -1.42. The zero-order valence-electron chi connectivity index (χ0n) is 16.4. The third kappa shape index (κ3) is 4.04. The normalized spacial score (nSPS) is 13.1. The van der Waals surface area contributed by atoms with Gasteiger partial charge in [0.05, 0.1) is 16.2 Å². The maximum Gasteiger partial charge on any atom is 0.197 e. The number of pyridine rings is 1. The summed E-state index contributed by atoms with van der Waals surface area (Å²) >= 11 is 5.84. The number of aryl methyl sites for hydroxylation is 1. The van der Waals surface area contributed by atoms with Crippen molar-refractivity contribution in [1.82, 2.24) is 4.98 Å². The molecule has 0 N–H and O–H groups in total. The highest BCUT2D eigenvalue weighted by Gasteiger charge is 2.21. The summed E-state index contributed by atoms with van der Waals surface area (Å²) in [6.45, 7) is 7.03. The molecule has 1 unspecified atom stereocenters. The Labute approximate surface area is 175 Å². The first-order valence-corrected chi connectivity index (χ1v) is 10.7. The number of rotatable bonds is 5. The molecular weight excluding hydrogens is 412 g/mol. The molecule has 1 aromatic carbocycles. The minimum Gasteiger partial charge on any atom is -0.483 e. The summed E-state index contributed by atoms with van der Waals surface area (Å²) in [5.41, 5.74) is 1.99. The Bertz CT molecular complexity index is 1230. The van der Waals surface area contributed by atoms with Crippen molar-refractivity contribution in [3.8, 4) is 11.8 Å². The number of nitrogens with zero attached hydrogens (tertiary/aromatic N) is 2. The van der Waals surface area contributed by atoms with Crippen molar-refractivity contribution < 1.29 is 13.4 Å². The van der Waals surface area contributed by atoms with E-state index in [1.165, 1.54) is 6.07 Å². The van der Waals surface area contributed by atoms with Gasteiger partial charge in [0.15, 0.2) is 22.0 Å². The van der Waals surface area contributed by atoms with Crippen molar-refractivity contribution in [3.63, 3.8) is 0 Å². The molecule has 6 nitrogen and oxygen atoms in total. The van der Waals surface area contributed by atoms with Crippen LogP contribution in [0.5, 0.6) is 5.75 Å². The zero-order valence-corrected chi connectivity index (χ0v) is 18.0. The number of benzene rings is 1. The van der Waals surface area contributed by atoms with Crippen LogP contribution in [0.3, 0.4) is 0 Å². The Morgan fingerprint density at radius 3 is 2.72 bits per heavy atom. The van der Waals surface area contributed by atoms with Gasteiger partial charge in [-0.15, -0.1) is 0 Å². The van der Waals surface area contributed by atoms with Crippen LogP contribution >= 0.6 is 11.6 Å². The number of fused-ring (bicyclic) bond motifs is 1. The molecule has 0 aliphatic heterocycles. The van der Waals surface area contributed by atoms with Crippen LogP contribution in [0, 0.1) is 25.2 Å². The standard InChI is InChI=1S/C21H19ClN2O4S/c1-5-29(26)21-12(3)19(25)15-9-11(2)8-14(20(15)28-21)13(4)27-17-6-7-18(22)24-16(17)10-23/h6-9,13H,5H2,1-4H3/t13-,29?/m1/s1. The van der Waals surface area contributed by atoms with Crippen LogP contribution in [0.2, 0.25) is 5.15 Å². The molecule has 0 bridgehead atoms. The number of halogens is 1. The highest BCUT2D eigenvalue weighted by Crippen LogP contribution is 2.31. The monoisotopic (exact) mass is 430 g/mol. The summed E-state index contributed by atoms with van der Waals surface area (Å²) in [4.78, 5) is 16.8. The quantitative estimate of drug-likeness (QED) is 0.549. The van der Waals surface area contributed by atoms with Gasteiger partial charge in [-0.3, -0.25) is 9.00 Å². The predicted octanol–water partition coefficient (Wildman–Crippen LogP) is 4.60. The lowest BCUT2D eigenvalue weighted by atomic mass is 10.0. The second-order valence-corrected chi connectivity index (χ2v) is 8.59. The Morgan fingerprint density at radius 1 is 1.34 bits per heavy atom. The minimum absolute atomic E-state index is 0.0615. The molecule has 0 saturated carbocycles. The predicted molar refractivity (Wildman–Crippen MR) is 112 cm³/mol. The highest BCUT2D eigenvalue weighted by molar-refractivity contribution is 7.84. The first-order valence-electron chi connectivity index (χ1n) is 8.96. The molecule has 0 aliphatic rings. The van der Waals surface area contributed by atoms with Crippen molar-refractivity contribution in [2.45, 2.75) is 38.9 Å². The highest BCUT2D eigenvalue weighted by atomic mass is 35.5. The van der Waals surface area contributed by atoms with E-state index >= 15 is 0 Å². The number of ether oxygens (including phenoxy) is 1. The molecule has 0 fully saturated rings. The molecule has 2 atom stereocenters. The second-order valence-electron chi connectivity index (χ2n) is 6.56. The van der Waals surface area contributed by atoms with Crippen LogP contribution in [0.15, 0.2) is 38.6 Å². The number of hydrogen-bond acceptors (Lipinski definition) is 6. The van der Waals surface area contributed by atoms with Gasteiger partial charge in [0.25, 0.3) is 0 Å². The van der Waals surface area contributed by atoms with E-state index in [1.807, 2.05) is 19.1 Å². The van der Waals surface area contributed by atoms with Gasteiger partial charge in [0, 0.05) is 16.9 Å². The molecule has 0 aliphatic carbocycles. The minimum atomic E-state index is -1.42. The summed E-state index contributed by atoms with van der Waals surface area (Å²) in [5, 5.41) is 10.1. The fourth-order valence-corrected chi connectivity index (χ4v) is 4.07. The lowest BCUT2D eigenvalue weighted by molar-refractivity contribution is 0.224. The number of aromatic nitrogens is 1. The maximum atomic E-state index is 12.9. The summed E-state index contributed by atoms with van der Waals surface area (Å²) < 4.78 is 24.3. The molecule has 150 valence electrons. The number of hydrogen-bond donors (Lipinski definition) is 0. The van der Waals surface area contributed by atoms with Crippen LogP contribution in [0.1, 0.15) is 42.3 Å². The van der Waals surface area contributed by atoms with Crippen molar-refractivity contribution in [2.75, 3.05) is 5.75 Å². The molecule has 0 amide bonds. The van der Waals surface area contributed by atoms with E-state index in [0.717, 1.165) is 5.56 Å². The lowest BCUT2D eigenvalue weighted by Gasteiger charge is -2.18. The summed E-state index contributed by atoms with van der Waals surface area (Å²) in [5.74, 6) is 0.607. The SMILES string of the molecule is CCS(=O)c1oc2c([C@@H](C)Oc3ccc(Cl)nc3C#N)cc(C)cc2c(=O)c1C. The van der Waals surface area contributed by atoms with Crippen LogP contribution in [0.25, 0.3) is 11.0 Å². The van der Waals surface area contributed by atoms with Gasteiger partial charge >= 0.3 is 0 Å². The van der Waals surface area contributed by atoms with Crippen molar-refractivity contribution in [3.05, 3.63) is 62.0 Å². The average molecular weight is 431 g/mol. The molecule has 2 aromatic heterocycles. The summed E-state index contributed by atoms with van der Waals surface area (Å²) in [6.07, 6.45) is -0.568. The van der Waals surface area contributed by atoms with Gasteiger partial charge in [-0.25, -0.2) is 4.98 Å². The summed E-state index contributed by atoms with van der Waals surface area (Å²) in [6, 6.07) is 8.65. The first kappa shape index (κ1) is 21.0. The second kappa shape index (κ2) is 8.36. The molecule has 2 heterocycles. The molecule has 3 rings (SSSR count). The Balaban J connectivity index is 2.18. The average Bonchev–Trinajstić information content (AvgIpc) is 2.71. The molecule has 0 saturated heterocycles. The van der Waals surface area contributed by atoms with E-state index in [4.69, 9.17) is 20.8 Å². The van der Waals surface area contributed by atoms with Crippen LogP contribution < -0.4 is 10.2 Å².